The normalized spacial score (nSPS) is 21.9. The first-order valence-corrected chi connectivity index (χ1v) is 5.52. The lowest BCUT2D eigenvalue weighted by Crippen LogP contribution is -2.42. The van der Waals surface area contributed by atoms with Crippen LogP contribution in [-0.4, -0.2) is 35.6 Å². The van der Waals surface area contributed by atoms with Crippen molar-refractivity contribution in [3.63, 3.8) is 0 Å². The first kappa shape index (κ1) is 11.7. The van der Waals surface area contributed by atoms with Gasteiger partial charge in [-0.15, -0.1) is 0 Å². The summed E-state index contributed by atoms with van der Waals surface area (Å²) in [7, 11) is 0. The molecule has 1 fully saturated rings. The number of carboxylic acids is 1. The van der Waals surface area contributed by atoms with E-state index in [9.17, 15) is 4.79 Å². The van der Waals surface area contributed by atoms with Crippen molar-refractivity contribution >= 4 is 21.9 Å². The average molecular weight is 262 g/mol. The van der Waals surface area contributed by atoms with Gasteiger partial charge in [-0.05, 0) is 32.9 Å². The predicted octanol–water partition coefficient (Wildman–Crippen LogP) is 2.08. The van der Waals surface area contributed by atoms with E-state index in [2.05, 4.69) is 27.4 Å². The number of piperidine rings is 1. The quantitative estimate of drug-likeness (QED) is 0.846. The summed E-state index contributed by atoms with van der Waals surface area (Å²) >= 11 is 3.31. The lowest BCUT2D eigenvalue weighted by atomic mass is 9.80. The fourth-order valence-corrected chi connectivity index (χ4v) is 2.02. The molecule has 0 unspecified atom stereocenters. The summed E-state index contributed by atoms with van der Waals surface area (Å²) in [5, 5.41) is 9.02. The molecule has 80 valence electrons. The molecular weight excluding hydrogens is 246 g/mol. The highest BCUT2D eigenvalue weighted by Crippen LogP contribution is 2.31. The van der Waals surface area contributed by atoms with Crippen molar-refractivity contribution in [2.24, 2.45) is 5.41 Å². The smallest absolute Gasteiger partial charge is 0.309 e. The number of likely N-dealkylation sites (tertiary alicyclic amines) is 1. The Morgan fingerprint density at radius 1 is 1.57 bits per heavy atom. The van der Waals surface area contributed by atoms with Crippen molar-refractivity contribution in [2.75, 3.05) is 19.6 Å². The molecule has 0 aliphatic carbocycles. The number of carbonyl (C=O) groups is 1. The molecule has 3 nitrogen and oxygen atoms in total. The van der Waals surface area contributed by atoms with E-state index in [0.717, 1.165) is 37.0 Å². The Morgan fingerprint density at radius 2 is 2.07 bits per heavy atom. The first-order valence-electron chi connectivity index (χ1n) is 4.73. The van der Waals surface area contributed by atoms with Gasteiger partial charge in [-0.1, -0.05) is 22.5 Å². The van der Waals surface area contributed by atoms with Gasteiger partial charge in [-0.25, -0.2) is 0 Å². The molecule has 0 saturated carbocycles. The zero-order chi connectivity index (χ0) is 10.8. The number of hydrogen-bond acceptors (Lipinski definition) is 2. The summed E-state index contributed by atoms with van der Waals surface area (Å²) in [5.74, 6) is -0.671. The minimum absolute atomic E-state index is 0.524. The van der Waals surface area contributed by atoms with Crippen LogP contribution < -0.4 is 0 Å². The molecule has 0 bridgehead atoms. The number of nitrogens with zero attached hydrogens (tertiary/aromatic N) is 1. The molecule has 0 aromatic rings. The number of aliphatic carboxylic acids is 1. The van der Waals surface area contributed by atoms with Gasteiger partial charge in [0.1, 0.15) is 0 Å². The Morgan fingerprint density at radius 3 is 2.43 bits per heavy atom. The van der Waals surface area contributed by atoms with Crippen LogP contribution in [0.25, 0.3) is 0 Å². The Labute approximate surface area is 92.9 Å². The fraction of sp³-hybridized carbons (Fsp3) is 0.700. The third-order valence-corrected chi connectivity index (χ3v) is 3.12. The highest BCUT2D eigenvalue weighted by atomic mass is 79.9. The van der Waals surface area contributed by atoms with Crippen molar-refractivity contribution in [3.8, 4) is 0 Å². The molecule has 14 heavy (non-hydrogen) atoms. The minimum atomic E-state index is -0.671. The maximum atomic E-state index is 11.0. The van der Waals surface area contributed by atoms with Gasteiger partial charge in [0, 0.05) is 11.0 Å². The summed E-state index contributed by atoms with van der Waals surface area (Å²) in [6, 6.07) is 0. The molecule has 0 spiro atoms. The maximum Gasteiger partial charge on any atom is 0.309 e. The van der Waals surface area contributed by atoms with Crippen LogP contribution in [0.4, 0.5) is 0 Å². The monoisotopic (exact) mass is 261 g/mol. The second-order valence-electron chi connectivity index (χ2n) is 4.16. The van der Waals surface area contributed by atoms with Crippen molar-refractivity contribution in [2.45, 2.75) is 19.8 Å². The van der Waals surface area contributed by atoms with Crippen LogP contribution in [-0.2, 0) is 4.79 Å². The maximum absolute atomic E-state index is 11.0. The van der Waals surface area contributed by atoms with Gasteiger partial charge in [0.15, 0.2) is 0 Å². The van der Waals surface area contributed by atoms with E-state index in [4.69, 9.17) is 5.11 Å². The zero-order valence-electron chi connectivity index (χ0n) is 8.42. The lowest BCUT2D eigenvalue weighted by molar-refractivity contribution is -0.150. The standard InChI is InChI=1S/C10H16BrNO2/c1-8(11)7-12-5-3-10(2,4-6-12)9(13)14/h1,3-7H2,2H3,(H,13,14). The molecular formula is C10H16BrNO2. The molecule has 1 rings (SSSR count). The van der Waals surface area contributed by atoms with Crippen molar-refractivity contribution in [1.29, 1.82) is 0 Å². The van der Waals surface area contributed by atoms with E-state index in [0.29, 0.717) is 0 Å². The molecule has 4 heteroatoms. The van der Waals surface area contributed by atoms with E-state index in [1.54, 1.807) is 0 Å². The molecule has 0 radical (unpaired) electrons. The summed E-state index contributed by atoms with van der Waals surface area (Å²) in [6.07, 6.45) is 1.45. The second-order valence-corrected chi connectivity index (χ2v) is 5.28. The molecule has 0 atom stereocenters. The summed E-state index contributed by atoms with van der Waals surface area (Å²) in [5.41, 5.74) is -0.524. The van der Waals surface area contributed by atoms with Gasteiger partial charge in [0.05, 0.1) is 5.41 Å². The highest BCUT2D eigenvalue weighted by Gasteiger charge is 2.36. The molecule has 1 N–H and O–H groups in total. The van der Waals surface area contributed by atoms with Crippen LogP contribution in [0.3, 0.4) is 0 Å². The largest absolute Gasteiger partial charge is 0.481 e. The van der Waals surface area contributed by atoms with Crippen LogP contribution in [0, 0.1) is 5.41 Å². The van der Waals surface area contributed by atoms with Crippen molar-refractivity contribution < 1.29 is 9.90 Å². The number of hydrogen-bond donors (Lipinski definition) is 1. The Balaban J connectivity index is 2.45. The topological polar surface area (TPSA) is 40.5 Å². The van der Waals surface area contributed by atoms with Gasteiger partial charge >= 0.3 is 5.97 Å². The van der Waals surface area contributed by atoms with Crippen LogP contribution in [0.2, 0.25) is 0 Å². The van der Waals surface area contributed by atoms with Crippen LogP contribution >= 0.6 is 15.9 Å². The van der Waals surface area contributed by atoms with Crippen molar-refractivity contribution in [3.05, 3.63) is 11.1 Å². The summed E-state index contributed by atoms with van der Waals surface area (Å²) < 4.78 is 0.955. The zero-order valence-corrected chi connectivity index (χ0v) is 10.0. The van der Waals surface area contributed by atoms with E-state index < -0.39 is 11.4 Å². The van der Waals surface area contributed by atoms with E-state index in [-0.39, 0.29) is 0 Å². The van der Waals surface area contributed by atoms with Gasteiger partial charge in [-0.2, -0.15) is 0 Å². The molecule has 1 aliphatic heterocycles. The minimum Gasteiger partial charge on any atom is -0.481 e. The van der Waals surface area contributed by atoms with Crippen molar-refractivity contribution in [1.82, 2.24) is 4.90 Å². The van der Waals surface area contributed by atoms with E-state index >= 15 is 0 Å². The highest BCUT2D eigenvalue weighted by molar-refractivity contribution is 9.11. The Bertz CT molecular complexity index is 245. The number of halogens is 1. The number of rotatable bonds is 3. The SMILES string of the molecule is C=C(Br)CN1CCC(C)(C(=O)O)CC1. The number of carboxylic acid groups (broad SMARTS) is 1. The molecule has 1 heterocycles. The molecule has 1 saturated heterocycles. The summed E-state index contributed by atoms with van der Waals surface area (Å²) in [6.45, 7) is 8.10. The third-order valence-electron chi connectivity index (χ3n) is 2.87. The summed E-state index contributed by atoms with van der Waals surface area (Å²) in [4.78, 5) is 13.2. The van der Waals surface area contributed by atoms with Crippen LogP contribution in [0.1, 0.15) is 19.8 Å². The van der Waals surface area contributed by atoms with Gasteiger partial charge in [-0.3, -0.25) is 9.69 Å². The first-order chi connectivity index (χ1) is 6.44. The molecule has 0 aromatic carbocycles. The molecule has 1 aliphatic rings. The average Bonchev–Trinajstić information content (AvgIpc) is 2.08. The van der Waals surface area contributed by atoms with Crippen LogP contribution in [0.5, 0.6) is 0 Å². The fourth-order valence-electron chi connectivity index (χ4n) is 1.66. The van der Waals surface area contributed by atoms with Gasteiger partial charge in [0.25, 0.3) is 0 Å². The second kappa shape index (κ2) is 4.45. The molecule has 0 aromatic heterocycles. The van der Waals surface area contributed by atoms with E-state index in [1.165, 1.54) is 0 Å². The van der Waals surface area contributed by atoms with Crippen LogP contribution in [0.15, 0.2) is 11.1 Å². The Hall–Kier alpha value is -0.350. The third kappa shape index (κ3) is 2.82. The predicted molar refractivity (Wildman–Crippen MR) is 59.5 cm³/mol. The Kier molecular flexibility index (Phi) is 3.72. The van der Waals surface area contributed by atoms with Gasteiger partial charge < -0.3 is 5.11 Å². The van der Waals surface area contributed by atoms with E-state index in [1.807, 2.05) is 6.92 Å². The molecule has 0 amide bonds. The van der Waals surface area contributed by atoms with Gasteiger partial charge in [0.2, 0.25) is 0 Å². The lowest BCUT2D eigenvalue weighted by Gasteiger charge is -2.36.